The predicted octanol–water partition coefficient (Wildman–Crippen LogP) is 1.93. The van der Waals surface area contributed by atoms with Crippen LogP contribution < -0.4 is 0 Å². The summed E-state index contributed by atoms with van der Waals surface area (Å²) in [6.07, 6.45) is 2.44. The fraction of sp³-hybridized carbons (Fsp3) is 0.800. The first-order chi connectivity index (χ1) is 7.11. The number of aliphatic carboxylic acids is 1. The number of carboxylic acids is 1. The van der Waals surface area contributed by atoms with Crippen LogP contribution in [0.3, 0.4) is 0 Å². The molecule has 0 amide bonds. The zero-order chi connectivity index (χ0) is 11.7. The lowest BCUT2D eigenvalue weighted by atomic mass is 10.2. The maximum absolute atomic E-state index is 11.0. The molecule has 0 fully saturated rings. The Morgan fingerprint density at radius 3 is 2.53 bits per heavy atom. The molecule has 0 aliphatic carbocycles. The van der Waals surface area contributed by atoms with Crippen LogP contribution >= 0.6 is 11.8 Å². The van der Waals surface area contributed by atoms with Gasteiger partial charge in [0.05, 0.1) is 12.4 Å². The maximum Gasteiger partial charge on any atom is 0.316 e. The van der Waals surface area contributed by atoms with E-state index in [1.165, 1.54) is 0 Å². The highest BCUT2D eigenvalue weighted by atomic mass is 32.2. The van der Waals surface area contributed by atoms with Gasteiger partial charge in [0.15, 0.2) is 0 Å². The monoisotopic (exact) mass is 234 g/mol. The summed E-state index contributed by atoms with van der Waals surface area (Å²) in [4.78, 5) is 21.8. The van der Waals surface area contributed by atoms with Gasteiger partial charge < -0.3 is 9.84 Å². The molecule has 0 spiro atoms. The molecule has 88 valence electrons. The van der Waals surface area contributed by atoms with Crippen LogP contribution in [0, 0.1) is 0 Å². The smallest absolute Gasteiger partial charge is 0.316 e. The molecule has 0 saturated heterocycles. The second-order valence-corrected chi connectivity index (χ2v) is 4.28. The number of ether oxygens (including phenoxy) is 1. The van der Waals surface area contributed by atoms with Gasteiger partial charge in [-0.2, -0.15) is 0 Å². The lowest BCUT2D eigenvalue weighted by Gasteiger charge is -2.10. The second-order valence-electron chi connectivity index (χ2n) is 3.09. The van der Waals surface area contributed by atoms with E-state index >= 15 is 0 Å². The Hall–Kier alpha value is -0.710. The number of hydrogen-bond donors (Lipinski definition) is 1. The lowest BCUT2D eigenvalue weighted by molar-refractivity contribution is -0.139. The fourth-order valence-corrected chi connectivity index (χ4v) is 1.94. The summed E-state index contributed by atoms with van der Waals surface area (Å²) in [5.41, 5.74) is 0. The molecule has 1 unspecified atom stereocenters. The number of carbonyl (C=O) groups is 2. The molecule has 0 aromatic carbocycles. The number of carboxylic acid groups (broad SMARTS) is 1. The highest BCUT2D eigenvalue weighted by Gasteiger charge is 2.18. The lowest BCUT2D eigenvalue weighted by Crippen LogP contribution is -2.19. The molecule has 0 aliphatic heterocycles. The number of esters is 1. The van der Waals surface area contributed by atoms with Crippen molar-refractivity contribution in [2.45, 2.75) is 38.4 Å². The van der Waals surface area contributed by atoms with Crippen LogP contribution in [0.4, 0.5) is 0 Å². The quantitative estimate of drug-likeness (QED) is 0.650. The van der Waals surface area contributed by atoms with Crippen LogP contribution in [0.25, 0.3) is 0 Å². The van der Waals surface area contributed by atoms with Gasteiger partial charge in [-0.1, -0.05) is 19.8 Å². The van der Waals surface area contributed by atoms with Crippen LogP contribution in [0.5, 0.6) is 0 Å². The van der Waals surface area contributed by atoms with Gasteiger partial charge in [-0.15, -0.1) is 11.8 Å². The third-order valence-electron chi connectivity index (χ3n) is 1.80. The summed E-state index contributed by atoms with van der Waals surface area (Å²) in [7, 11) is 0. The number of hydrogen-bond acceptors (Lipinski definition) is 4. The van der Waals surface area contributed by atoms with Crippen molar-refractivity contribution in [3.63, 3.8) is 0 Å². The summed E-state index contributed by atoms with van der Waals surface area (Å²) < 4.78 is 4.72. The van der Waals surface area contributed by atoms with Crippen molar-refractivity contribution in [1.82, 2.24) is 0 Å². The molecule has 0 aliphatic rings. The highest BCUT2D eigenvalue weighted by Crippen LogP contribution is 2.17. The molecule has 1 N–H and O–H groups in total. The van der Waals surface area contributed by atoms with Gasteiger partial charge in [0.25, 0.3) is 0 Å². The summed E-state index contributed by atoms with van der Waals surface area (Å²) in [6, 6.07) is 0. The van der Waals surface area contributed by atoms with Crippen molar-refractivity contribution in [2.24, 2.45) is 0 Å². The molecule has 0 rings (SSSR count). The minimum atomic E-state index is -0.849. The van der Waals surface area contributed by atoms with E-state index in [-0.39, 0.29) is 11.7 Å². The van der Waals surface area contributed by atoms with Crippen LogP contribution in [0.15, 0.2) is 0 Å². The van der Waals surface area contributed by atoms with Crippen molar-refractivity contribution in [2.75, 3.05) is 12.4 Å². The Labute approximate surface area is 94.4 Å². The van der Waals surface area contributed by atoms with Gasteiger partial charge in [0, 0.05) is 0 Å². The molecule has 0 aromatic rings. The van der Waals surface area contributed by atoms with Gasteiger partial charge in [-0.3, -0.25) is 9.59 Å². The van der Waals surface area contributed by atoms with Gasteiger partial charge in [0.1, 0.15) is 5.25 Å². The van der Waals surface area contributed by atoms with E-state index in [1.807, 2.05) is 6.92 Å². The van der Waals surface area contributed by atoms with Crippen molar-refractivity contribution in [1.29, 1.82) is 0 Å². The van der Waals surface area contributed by atoms with E-state index in [4.69, 9.17) is 9.84 Å². The first kappa shape index (κ1) is 14.3. The molecule has 15 heavy (non-hydrogen) atoms. The Morgan fingerprint density at radius 2 is 2.07 bits per heavy atom. The molecule has 4 nitrogen and oxygen atoms in total. The van der Waals surface area contributed by atoms with Gasteiger partial charge in [0.2, 0.25) is 0 Å². The minimum Gasteiger partial charge on any atom is -0.480 e. The van der Waals surface area contributed by atoms with Crippen molar-refractivity contribution < 1.29 is 19.4 Å². The predicted molar refractivity (Wildman–Crippen MR) is 60.0 cm³/mol. The molecule has 0 saturated carbocycles. The Bertz CT molecular complexity index is 204. The fourth-order valence-electron chi connectivity index (χ4n) is 1.04. The van der Waals surface area contributed by atoms with Crippen molar-refractivity contribution >= 4 is 23.7 Å². The Kier molecular flexibility index (Phi) is 8.18. The van der Waals surface area contributed by atoms with E-state index in [2.05, 4.69) is 0 Å². The standard InChI is InChI=1S/C10H18O4S/c1-3-5-6-8(10(12)13)15-7-9(11)14-4-2/h8H,3-7H2,1-2H3,(H,12,13). The first-order valence-corrected chi connectivity index (χ1v) is 6.16. The summed E-state index contributed by atoms with van der Waals surface area (Å²) in [6.45, 7) is 4.08. The maximum atomic E-state index is 11.0. The van der Waals surface area contributed by atoms with Crippen LogP contribution in [-0.2, 0) is 14.3 Å². The third-order valence-corrected chi connectivity index (χ3v) is 3.05. The van der Waals surface area contributed by atoms with E-state index in [0.717, 1.165) is 24.6 Å². The molecule has 5 heteroatoms. The SMILES string of the molecule is CCCCC(SCC(=O)OCC)C(=O)O. The minimum absolute atomic E-state index is 0.120. The molecule has 0 heterocycles. The molecule has 0 aromatic heterocycles. The second kappa shape index (κ2) is 8.59. The van der Waals surface area contributed by atoms with Crippen LogP contribution in [0.1, 0.15) is 33.1 Å². The molecule has 0 radical (unpaired) electrons. The normalized spacial score (nSPS) is 12.1. The molecular weight excluding hydrogens is 216 g/mol. The highest BCUT2D eigenvalue weighted by molar-refractivity contribution is 8.01. The Balaban J connectivity index is 3.85. The van der Waals surface area contributed by atoms with E-state index in [1.54, 1.807) is 6.92 Å². The molecular formula is C10H18O4S. The average molecular weight is 234 g/mol. The largest absolute Gasteiger partial charge is 0.480 e. The zero-order valence-electron chi connectivity index (χ0n) is 9.19. The van der Waals surface area contributed by atoms with Crippen LogP contribution in [-0.4, -0.2) is 34.7 Å². The summed E-state index contributed by atoms with van der Waals surface area (Å²) >= 11 is 1.14. The van der Waals surface area contributed by atoms with Gasteiger partial charge >= 0.3 is 11.9 Å². The van der Waals surface area contributed by atoms with Crippen molar-refractivity contribution in [3.05, 3.63) is 0 Å². The van der Waals surface area contributed by atoms with E-state index < -0.39 is 11.2 Å². The molecule has 0 bridgehead atoms. The third kappa shape index (κ3) is 7.25. The summed E-state index contributed by atoms with van der Waals surface area (Å²) in [5.74, 6) is -1.07. The van der Waals surface area contributed by atoms with Crippen molar-refractivity contribution in [3.8, 4) is 0 Å². The average Bonchev–Trinajstić information content (AvgIpc) is 2.17. The van der Waals surface area contributed by atoms with Crippen LogP contribution in [0.2, 0.25) is 0 Å². The number of carbonyl (C=O) groups excluding carboxylic acids is 1. The van der Waals surface area contributed by atoms with E-state index in [9.17, 15) is 9.59 Å². The first-order valence-electron chi connectivity index (χ1n) is 5.11. The Morgan fingerprint density at radius 1 is 1.40 bits per heavy atom. The van der Waals surface area contributed by atoms with Gasteiger partial charge in [-0.25, -0.2) is 0 Å². The number of rotatable bonds is 8. The van der Waals surface area contributed by atoms with E-state index in [0.29, 0.717) is 13.0 Å². The summed E-state index contributed by atoms with van der Waals surface area (Å²) in [5, 5.41) is 8.38. The number of thioether (sulfide) groups is 1. The number of unbranched alkanes of at least 4 members (excludes halogenated alkanes) is 1. The van der Waals surface area contributed by atoms with Gasteiger partial charge in [-0.05, 0) is 13.3 Å². The zero-order valence-corrected chi connectivity index (χ0v) is 10.0. The topological polar surface area (TPSA) is 63.6 Å². The molecule has 1 atom stereocenters.